The Hall–Kier alpha value is -2.12. The van der Waals surface area contributed by atoms with E-state index in [2.05, 4.69) is 10.2 Å². The van der Waals surface area contributed by atoms with E-state index in [1.54, 1.807) is 13.8 Å². The predicted molar refractivity (Wildman–Crippen MR) is 149 cm³/mol. The first-order valence-electron chi connectivity index (χ1n) is 13.4. The van der Waals surface area contributed by atoms with Gasteiger partial charge in [-0.1, -0.05) is 19.1 Å². The van der Waals surface area contributed by atoms with E-state index in [0.717, 1.165) is 44.9 Å². The van der Waals surface area contributed by atoms with Crippen LogP contribution >= 0.6 is 11.3 Å². The Morgan fingerprint density at radius 2 is 1.83 bits per heavy atom. The van der Waals surface area contributed by atoms with Crippen LogP contribution in [0.25, 0.3) is 10.4 Å². The molecule has 0 bridgehead atoms. The third-order valence-corrected chi connectivity index (χ3v) is 12.2. The zero-order valence-corrected chi connectivity index (χ0v) is 25.4. The number of hydroxylamine groups is 1. The molecule has 234 valence electrons. The molecule has 2 aliphatic rings. The molecular weight excluding hydrogens is 621 g/mol. The zero-order valence-electron chi connectivity index (χ0n) is 23.0. The molecule has 3 atom stereocenters. The monoisotopic (exact) mass is 654 g/mol. The molecule has 0 aliphatic carbocycles. The van der Waals surface area contributed by atoms with E-state index in [1.807, 2.05) is 0 Å². The molecule has 1 amide bonds. The first-order chi connectivity index (χ1) is 19.7. The van der Waals surface area contributed by atoms with Crippen LogP contribution in [0.4, 0.5) is 13.2 Å². The van der Waals surface area contributed by atoms with Gasteiger partial charge in [-0.05, 0) is 56.0 Å². The van der Waals surface area contributed by atoms with Crippen LogP contribution in [0.15, 0.2) is 40.6 Å². The number of halogens is 3. The number of rotatable bonds is 10. The summed E-state index contributed by atoms with van der Waals surface area (Å²) in [5, 5.41) is 0. The molecule has 3 heterocycles. The number of hydrogen-bond acceptors (Lipinski definition) is 8. The van der Waals surface area contributed by atoms with Gasteiger partial charge < -0.3 is 4.74 Å². The summed E-state index contributed by atoms with van der Waals surface area (Å²) < 4.78 is 102. The van der Waals surface area contributed by atoms with E-state index in [9.17, 15) is 34.8 Å². The number of benzene rings is 1. The molecular formula is C25H33F3N4O7S3. The highest BCUT2D eigenvalue weighted by Crippen LogP contribution is 2.36. The second kappa shape index (κ2) is 13.3. The average Bonchev–Trinajstić information content (AvgIpc) is 3.47. The second-order valence-electron chi connectivity index (χ2n) is 10.00. The van der Waals surface area contributed by atoms with Crippen LogP contribution in [0.2, 0.25) is 0 Å². The van der Waals surface area contributed by atoms with Gasteiger partial charge >= 0.3 is 6.18 Å². The third-order valence-electron chi connectivity index (χ3n) is 6.97. The van der Waals surface area contributed by atoms with Crippen molar-refractivity contribution in [1.82, 2.24) is 18.8 Å². The third kappa shape index (κ3) is 7.68. The SMILES string of the molecule is CCC(C)NS(=O)(=O)N1CCN(S(=O)(=O)c2ccc(-c3ccc(C(F)(F)F)cc3)s2)[C@@H](C(=O)NOC2CCCCO2)C1. The van der Waals surface area contributed by atoms with E-state index < -0.39 is 56.8 Å². The zero-order chi connectivity index (χ0) is 30.7. The summed E-state index contributed by atoms with van der Waals surface area (Å²) in [7, 11) is -8.37. The molecule has 2 unspecified atom stereocenters. The Bertz CT molecular complexity index is 1440. The fraction of sp³-hybridized carbons (Fsp3) is 0.560. The van der Waals surface area contributed by atoms with Gasteiger partial charge in [0, 0.05) is 43.6 Å². The Morgan fingerprint density at radius 3 is 2.45 bits per heavy atom. The minimum atomic E-state index is -4.51. The number of ether oxygens (including phenoxy) is 1. The smallest absolute Gasteiger partial charge is 0.350 e. The highest BCUT2D eigenvalue weighted by atomic mass is 32.2. The molecule has 17 heteroatoms. The maximum absolute atomic E-state index is 13.8. The Kier molecular flexibility index (Phi) is 10.3. The molecule has 0 spiro atoms. The number of hydrogen-bond donors (Lipinski definition) is 2. The lowest BCUT2D eigenvalue weighted by atomic mass is 10.1. The number of nitrogens with one attached hydrogen (secondary N) is 2. The molecule has 2 N–H and O–H groups in total. The van der Waals surface area contributed by atoms with Crippen molar-refractivity contribution in [2.45, 2.75) is 68.3 Å². The van der Waals surface area contributed by atoms with E-state index in [4.69, 9.17) is 9.57 Å². The van der Waals surface area contributed by atoms with Gasteiger partial charge in [0.2, 0.25) is 0 Å². The molecule has 4 rings (SSSR count). The molecule has 0 radical (unpaired) electrons. The highest BCUT2D eigenvalue weighted by molar-refractivity contribution is 7.91. The molecule has 1 aromatic carbocycles. The Balaban J connectivity index is 1.58. The summed E-state index contributed by atoms with van der Waals surface area (Å²) in [5.41, 5.74) is 1.80. The molecule has 2 aromatic rings. The van der Waals surface area contributed by atoms with E-state index >= 15 is 0 Å². The molecule has 2 saturated heterocycles. The van der Waals surface area contributed by atoms with Gasteiger partial charge in [0.15, 0.2) is 6.29 Å². The van der Waals surface area contributed by atoms with Gasteiger partial charge in [-0.25, -0.2) is 18.7 Å². The molecule has 1 aromatic heterocycles. The number of alkyl halides is 3. The number of nitrogens with zero attached hydrogens (tertiary/aromatic N) is 2. The van der Waals surface area contributed by atoms with Crippen molar-refractivity contribution in [3.05, 3.63) is 42.0 Å². The van der Waals surface area contributed by atoms with Crippen LogP contribution in [0.1, 0.15) is 45.1 Å². The van der Waals surface area contributed by atoms with Crippen molar-refractivity contribution < 1.29 is 44.4 Å². The summed E-state index contributed by atoms with van der Waals surface area (Å²) in [6.07, 6.45) is -2.53. The van der Waals surface area contributed by atoms with Gasteiger partial charge in [0.1, 0.15) is 10.3 Å². The van der Waals surface area contributed by atoms with Crippen LogP contribution in [-0.4, -0.2) is 76.0 Å². The van der Waals surface area contributed by atoms with Gasteiger partial charge in [0.25, 0.3) is 26.1 Å². The van der Waals surface area contributed by atoms with Gasteiger partial charge in [0.05, 0.1) is 5.56 Å². The van der Waals surface area contributed by atoms with Crippen molar-refractivity contribution in [1.29, 1.82) is 0 Å². The Labute approximate surface area is 247 Å². The molecule has 42 heavy (non-hydrogen) atoms. The average molecular weight is 655 g/mol. The lowest BCUT2D eigenvalue weighted by Gasteiger charge is -2.39. The number of piperazine rings is 1. The van der Waals surface area contributed by atoms with Crippen molar-refractivity contribution in [3.8, 4) is 10.4 Å². The normalized spacial score (nSPS) is 22.1. The van der Waals surface area contributed by atoms with Crippen LogP contribution in [-0.2, 0) is 40.8 Å². The summed E-state index contributed by atoms with van der Waals surface area (Å²) in [6, 6.07) is 5.24. The number of carbonyl (C=O) groups is 1. The van der Waals surface area contributed by atoms with Crippen molar-refractivity contribution in [2.75, 3.05) is 26.2 Å². The van der Waals surface area contributed by atoms with E-state index in [-0.39, 0.29) is 23.3 Å². The van der Waals surface area contributed by atoms with Crippen molar-refractivity contribution in [2.24, 2.45) is 0 Å². The van der Waals surface area contributed by atoms with Crippen LogP contribution in [0.5, 0.6) is 0 Å². The fourth-order valence-corrected chi connectivity index (χ4v) is 8.92. The first kappa shape index (κ1) is 32.8. The maximum Gasteiger partial charge on any atom is 0.416 e. The molecule has 2 aliphatic heterocycles. The van der Waals surface area contributed by atoms with E-state index in [1.165, 1.54) is 24.3 Å². The summed E-state index contributed by atoms with van der Waals surface area (Å²) >= 11 is 0.829. The fourth-order valence-electron chi connectivity index (χ4n) is 4.42. The number of sulfonamides is 1. The standard InChI is InChI=1S/C25H33F3N4O7S3/c1-3-17(2)30-42(36,37)31-13-14-32(20(16-31)24(33)29-39-22-6-4-5-15-38-22)41(34,35)23-12-11-21(40-23)18-7-9-19(10-8-18)25(26,27)28/h7-12,17,20,22,30H,3-6,13-16H2,1-2H3,(H,29,33)/t17?,20-,22?/m1/s1. The van der Waals surface area contributed by atoms with Gasteiger partial charge in [-0.2, -0.15) is 34.9 Å². The van der Waals surface area contributed by atoms with Gasteiger partial charge in [-0.15, -0.1) is 11.3 Å². The maximum atomic E-state index is 13.8. The lowest BCUT2D eigenvalue weighted by Crippen LogP contribution is -2.63. The number of amides is 1. The minimum Gasteiger partial charge on any atom is -0.350 e. The number of thiophene rings is 1. The topological polar surface area (TPSA) is 134 Å². The van der Waals surface area contributed by atoms with Crippen LogP contribution < -0.4 is 10.2 Å². The van der Waals surface area contributed by atoms with Gasteiger partial charge in [-0.3, -0.25) is 4.79 Å². The molecule has 11 nitrogen and oxygen atoms in total. The summed E-state index contributed by atoms with van der Waals surface area (Å²) in [5.74, 6) is -0.865. The summed E-state index contributed by atoms with van der Waals surface area (Å²) in [4.78, 5) is 19.1. The number of carbonyl (C=O) groups excluding carboxylic acids is 1. The molecule has 0 saturated carbocycles. The van der Waals surface area contributed by atoms with Crippen molar-refractivity contribution >= 4 is 37.5 Å². The Morgan fingerprint density at radius 1 is 1.12 bits per heavy atom. The molecule has 2 fully saturated rings. The van der Waals surface area contributed by atoms with Crippen LogP contribution in [0, 0.1) is 0 Å². The van der Waals surface area contributed by atoms with Crippen molar-refractivity contribution in [3.63, 3.8) is 0 Å². The second-order valence-corrected chi connectivity index (χ2v) is 14.9. The van der Waals surface area contributed by atoms with Crippen LogP contribution in [0.3, 0.4) is 0 Å². The lowest BCUT2D eigenvalue weighted by molar-refractivity contribution is -0.202. The quantitative estimate of drug-likeness (QED) is 0.376. The minimum absolute atomic E-state index is 0.152. The highest BCUT2D eigenvalue weighted by Gasteiger charge is 2.44. The predicted octanol–water partition coefficient (Wildman–Crippen LogP) is 3.32. The van der Waals surface area contributed by atoms with E-state index in [0.29, 0.717) is 29.9 Å². The largest absolute Gasteiger partial charge is 0.416 e. The first-order valence-corrected chi connectivity index (χ1v) is 17.1. The summed E-state index contributed by atoms with van der Waals surface area (Å²) in [6.45, 7) is 2.93.